The second kappa shape index (κ2) is 2.35. The van der Waals surface area contributed by atoms with Crippen molar-refractivity contribution in [3.05, 3.63) is 23.3 Å². The van der Waals surface area contributed by atoms with Crippen molar-refractivity contribution < 1.29 is 9.50 Å². The molecule has 12 heavy (non-hydrogen) atoms. The summed E-state index contributed by atoms with van der Waals surface area (Å²) in [6.45, 7) is 0. The van der Waals surface area contributed by atoms with Gasteiger partial charge in [-0.3, -0.25) is 0 Å². The monoisotopic (exact) mass is 183 g/mol. The van der Waals surface area contributed by atoms with Gasteiger partial charge in [0.25, 0.3) is 0 Å². The van der Waals surface area contributed by atoms with Crippen LogP contribution in [0.4, 0.5) is 10.1 Å². The molecule has 2 aromatic rings. The molecule has 0 atom stereocenters. The van der Waals surface area contributed by atoms with Gasteiger partial charge in [0.1, 0.15) is 0 Å². The molecule has 0 spiro atoms. The Bertz CT molecular complexity index is 438. The largest absolute Gasteiger partial charge is 0.504 e. The van der Waals surface area contributed by atoms with E-state index in [2.05, 4.69) is 0 Å². The summed E-state index contributed by atoms with van der Waals surface area (Å²) >= 11 is 0.896. The summed E-state index contributed by atoms with van der Waals surface area (Å²) < 4.78 is 13.5. The summed E-state index contributed by atoms with van der Waals surface area (Å²) in [7, 11) is 0. The molecule has 0 unspecified atom stereocenters. The fraction of sp³-hybridized carbons (Fsp3) is 0. The van der Waals surface area contributed by atoms with Crippen LogP contribution in [0.3, 0.4) is 0 Å². The van der Waals surface area contributed by atoms with E-state index in [4.69, 9.17) is 5.73 Å². The Hall–Kier alpha value is -1.29. The Balaban J connectivity index is 2.87. The number of thiophene rings is 1. The van der Waals surface area contributed by atoms with Crippen molar-refractivity contribution in [3.8, 4) is 5.75 Å². The number of anilines is 1. The van der Waals surface area contributed by atoms with Crippen molar-refractivity contribution >= 4 is 27.1 Å². The molecule has 0 amide bonds. The molecule has 0 fully saturated rings. The summed E-state index contributed by atoms with van der Waals surface area (Å²) in [5, 5.41) is 9.14. The number of aromatic hydroxyl groups is 1. The summed E-state index contributed by atoms with van der Waals surface area (Å²) in [5.74, 6) is -0.282. The first-order valence-corrected chi connectivity index (χ1v) is 4.16. The van der Waals surface area contributed by atoms with E-state index in [1.807, 2.05) is 0 Å². The highest BCUT2D eigenvalue weighted by Crippen LogP contribution is 2.35. The van der Waals surface area contributed by atoms with Crippen LogP contribution in [0.25, 0.3) is 10.1 Å². The Morgan fingerprint density at radius 2 is 2.17 bits per heavy atom. The number of hydrogen-bond acceptors (Lipinski definition) is 3. The smallest absolute Gasteiger partial charge is 0.219 e. The predicted molar refractivity (Wildman–Crippen MR) is 47.9 cm³/mol. The topological polar surface area (TPSA) is 46.2 Å². The molecule has 0 saturated heterocycles. The average Bonchev–Trinajstić information content (AvgIpc) is 2.28. The lowest BCUT2D eigenvalue weighted by molar-refractivity contribution is 0.448. The van der Waals surface area contributed by atoms with Gasteiger partial charge >= 0.3 is 0 Å². The second-order valence-electron chi connectivity index (χ2n) is 2.48. The van der Waals surface area contributed by atoms with Gasteiger partial charge in [0.2, 0.25) is 5.13 Å². The molecule has 0 bridgehead atoms. The molecule has 0 aliphatic heterocycles. The number of nitrogens with two attached hydrogens (primary N) is 1. The van der Waals surface area contributed by atoms with Gasteiger partial charge in [0.05, 0.1) is 0 Å². The van der Waals surface area contributed by atoms with Crippen molar-refractivity contribution in [2.45, 2.75) is 0 Å². The molecule has 1 aromatic carbocycles. The van der Waals surface area contributed by atoms with E-state index in [-0.39, 0.29) is 5.75 Å². The van der Waals surface area contributed by atoms with Crippen LogP contribution < -0.4 is 5.73 Å². The maximum Gasteiger partial charge on any atom is 0.219 e. The van der Waals surface area contributed by atoms with Gasteiger partial charge in [-0.05, 0) is 18.2 Å². The minimum Gasteiger partial charge on any atom is -0.504 e. The summed E-state index contributed by atoms with van der Waals surface area (Å²) in [5.41, 5.74) is 6.06. The maximum absolute atomic E-state index is 12.8. The van der Waals surface area contributed by atoms with Crippen molar-refractivity contribution in [2.24, 2.45) is 0 Å². The van der Waals surface area contributed by atoms with E-state index in [0.717, 1.165) is 11.3 Å². The van der Waals surface area contributed by atoms with Crippen LogP contribution in [0.5, 0.6) is 5.75 Å². The lowest BCUT2D eigenvalue weighted by Crippen LogP contribution is -1.80. The summed E-state index contributed by atoms with van der Waals surface area (Å²) in [6.07, 6.45) is 0. The van der Waals surface area contributed by atoms with Gasteiger partial charge in [-0.15, -0.1) is 11.3 Å². The van der Waals surface area contributed by atoms with E-state index >= 15 is 0 Å². The number of halogens is 1. The molecule has 0 saturated carbocycles. The van der Waals surface area contributed by atoms with Gasteiger partial charge in [-0.25, -0.2) is 0 Å². The van der Waals surface area contributed by atoms with Crippen molar-refractivity contribution in [1.29, 1.82) is 0 Å². The van der Waals surface area contributed by atoms with Crippen LogP contribution in [0.2, 0.25) is 0 Å². The van der Waals surface area contributed by atoms with Gasteiger partial charge in [-0.1, -0.05) is 0 Å². The van der Waals surface area contributed by atoms with Gasteiger partial charge in [0.15, 0.2) is 5.75 Å². The molecule has 0 aliphatic carbocycles. The average molecular weight is 183 g/mol. The molecule has 3 N–H and O–H groups in total. The quantitative estimate of drug-likeness (QED) is 0.616. The first kappa shape index (κ1) is 7.36. The summed E-state index contributed by atoms with van der Waals surface area (Å²) in [4.78, 5) is 0. The van der Waals surface area contributed by atoms with Gasteiger partial charge in [-0.2, -0.15) is 4.39 Å². The van der Waals surface area contributed by atoms with Crippen LogP contribution in [0.1, 0.15) is 0 Å². The Morgan fingerprint density at radius 3 is 2.92 bits per heavy atom. The van der Waals surface area contributed by atoms with Crippen molar-refractivity contribution in [3.63, 3.8) is 0 Å². The molecule has 62 valence electrons. The number of nitrogen functional groups attached to an aromatic ring is 1. The predicted octanol–water partition coefficient (Wildman–Crippen LogP) is 2.33. The molecule has 2 rings (SSSR count). The van der Waals surface area contributed by atoms with E-state index in [9.17, 15) is 9.50 Å². The Morgan fingerprint density at radius 1 is 1.42 bits per heavy atom. The zero-order valence-electron chi connectivity index (χ0n) is 6.04. The zero-order chi connectivity index (χ0) is 8.72. The highest BCUT2D eigenvalue weighted by molar-refractivity contribution is 7.17. The van der Waals surface area contributed by atoms with Crippen LogP contribution in [-0.4, -0.2) is 5.11 Å². The minimum absolute atomic E-state index is 0.282. The third-order valence-electron chi connectivity index (χ3n) is 1.65. The Kier molecular flexibility index (Phi) is 1.44. The molecule has 0 radical (unpaired) electrons. The molecular weight excluding hydrogens is 177 g/mol. The molecule has 4 heteroatoms. The standard InChI is InChI=1S/C8H6FNOS/c9-8-7(11)5-2-1-4(10)3-6(5)12-8/h1-3,11H,10H2. The minimum atomic E-state index is -0.560. The number of benzene rings is 1. The first-order valence-electron chi connectivity index (χ1n) is 3.35. The van der Waals surface area contributed by atoms with Crippen LogP contribution in [0.15, 0.2) is 18.2 Å². The molecule has 1 heterocycles. The Labute approximate surface area is 72.1 Å². The van der Waals surface area contributed by atoms with E-state index < -0.39 is 5.13 Å². The third kappa shape index (κ3) is 0.921. The lowest BCUT2D eigenvalue weighted by Gasteiger charge is -1.91. The molecule has 2 nitrogen and oxygen atoms in total. The highest BCUT2D eigenvalue weighted by atomic mass is 32.1. The number of fused-ring (bicyclic) bond motifs is 1. The molecule has 1 aromatic heterocycles. The van der Waals surface area contributed by atoms with Crippen LogP contribution in [0, 0.1) is 5.13 Å². The normalized spacial score (nSPS) is 10.8. The number of rotatable bonds is 0. The second-order valence-corrected chi connectivity index (χ2v) is 3.48. The SMILES string of the molecule is Nc1ccc2c(O)c(F)sc2c1. The highest BCUT2D eigenvalue weighted by Gasteiger charge is 2.09. The summed E-state index contributed by atoms with van der Waals surface area (Å²) in [6, 6.07) is 4.89. The van der Waals surface area contributed by atoms with Crippen LogP contribution >= 0.6 is 11.3 Å². The van der Waals surface area contributed by atoms with Crippen molar-refractivity contribution in [2.75, 3.05) is 5.73 Å². The van der Waals surface area contributed by atoms with E-state index in [0.29, 0.717) is 15.8 Å². The first-order chi connectivity index (χ1) is 5.68. The van der Waals surface area contributed by atoms with E-state index in [1.54, 1.807) is 18.2 Å². The van der Waals surface area contributed by atoms with Gasteiger partial charge in [0, 0.05) is 15.8 Å². The van der Waals surface area contributed by atoms with Gasteiger partial charge < -0.3 is 10.8 Å². The maximum atomic E-state index is 12.8. The third-order valence-corrected chi connectivity index (χ3v) is 2.58. The fourth-order valence-corrected chi connectivity index (χ4v) is 1.94. The van der Waals surface area contributed by atoms with E-state index in [1.165, 1.54) is 0 Å². The number of hydrogen-bond donors (Lipinski definition) is 2. The lowest BCUT2D eigenvalue weighted by atomic mass is 10.2. The molecular formula is C8H6FNOS. The molecule has 0 aliphatic rings. The fourth-order valence-electron chi connectivity index (χ4n) is 1.07. The zero-order valence-corrected chi connectivity index (χ0v) is 6.86. The van der Waals surface area contributed by atoms with Crippen LogP contribution in [-0.2, 0) is 0 Å². The van der Waals surface area contributed by atoms with Crippen molar-refractivity contribution in [1.82, 2.24) is 0 Å².